The number of aromatic amines is 1. The van der Waals surface area contributed by atoms with Crippen LogP contribution in [-0.2, 0) is 23.4 Å². The van der Waals surface area contributed by atoms with E-state index in [1.165, 1.54) is 6.07 Å². The van der Waals surface area contributed by atoms with Gasteiger partial charge in [0.1, 0.15) is 24.0 Å². The fraction of sp³-hybridized carbons (Fsp3) is 0.444. The van der Waals surface area contributed by atoms with E-state index in [0.29, 0.717) is 5.39 Å². The molecule has 236 valence electrons. The van der Waals surface area contributed by atoms with Crippen LogP contribution < -0.4 is 20.9 Å². The number of aliphatic hydroxyl groups excluding tert-OH is 2. The Morgan fingerprint density at radius 2 is 1.95 bits per heavy atom. The first kappa shape index (κ1) is 32.9. The molecule has 17 heteroatoms. The molecule has 1 unspecified atom stereocenters. The second-order valence-electron chi connectivity index (χ2n) is 10.4. The van der Waals surface area contributed by atoms with E-state index in [2.05, 4.69) is 15.1 Å². The molecule has 16 nitrogen and oxygen atoms in total. The minimum atomic E-state index is -4.63. The lowest BCUT2D eigenvalue weighted by Crippen LogP contribution is -2.46. The number of aliphatic hydroxyl groups is 2. The van der Waals surface area contributed by atoms with E-state index in [9.17, 15) is 34.7 Å². The second kappa shape index (κ2) is 13.7. The zero-order valence-electron chi connectivity index (χ0n) is 24.1. The zero-order chi connectivity index (χ0) is 32.1. The second-order valence-corrected chi connectivity index (χ2v) is 12.1. The van der Waals surface area contributed by atoms with Gasteiger partial charge in [-0.05, 0) is 36.2 Å². The maximum absolute atomic E-state index is 14.5. The van der Waals surface area contributed by atoms with Crippen molar-refractivity contribution < 1.29 is 38.1 Å². The standard InChI is InChI=1S/C27H33N6O10P/c1-4-40-25(37)19(14-16(2)3)30-44(39,43-20-11-7-9-17-8-5-6-10-18(17)20)41-15-27(31-32-28)23(36)22(35)24(42-27)33-13-12-21(34)29-26(33)38/h5-13,16,19,22-24,35-36H,4,14-15H2,1-3H3,(H,30,39)(H,29,34,38)/t19-,22+,23-,24+,27+,44?/m0/s1. The highest BCUT2D eigenvalue weighted by atomic mass is 31.2. The number of esters is 1. The molecule has 6 atom stereocenters. The average Bonchev–Trinajstić information content (AvgIpc) is 3.21. The van der Waals surface area contributed by atoms with E-state index in [4.69, 9.17) is 18.5 Å². The third-order valence-corrected chi connectivity index (χ3v) is 8.28. The van der Waals surface area contributed by atoms with Gasteiger partial charge < -0.3 is 24.2 Å². The fourth-order valence-corrected chi connectivity index (χ4v) is 6.25. The van der Waals surface area contributed by atoms with Crippen molar-refractivity contribution in [1.29, 1.82) is 0 Å². The monoisotopic (exact) mass is 632 g/mol. The SMILES string of the molecule is CCOC(=O)[C@H](CC(C)C)NP(=O)(OC[C@@]1(N=[N+]=[N-])O[C@@H](n2ccc(=O)[nH]c2=O)[C@H](O)[C@@H]1O)Oc1cccc2ccccc12. The maximum atomic E-state index is 14.5. The Morgan fingerprint density at radius 3 is 2.64 bits per heavy atom. The van der Waals surface area contributed by atoms with Crippen molar-refractivity contribution in [2.75, 3.05) is 13.2 Å². The van der Waals surface area contributed by atoms with Gasteiger partial charge in [-0.1, -0.05) is 55.4 Å². The zero-order valence-corrected chi connectivity index (χ0v) is 25.0. The van der Waals surface area contributed by atoms with Crippen LogP contribution in [0.1, 0.15) is 33.4 Å². The molecule has 1 saturated heterocycles. The number of hydrogen-bond donors (Lipinski definition) is 4. The van der Waals surface area contributed by atoms with Gasteiger partial charge in [-0.3, -0.25) is 23.7 Å². The predicted molar refractivity (Wildman–Crippen MR) is 156 cm³/mol. The minimum Gasteiger partial charge on any atom is -0.465 e. The summed E-state index contributed by atoms with van der Waals surface area (Å²) in [5, 5.41) is 29.2. The normalized spacial score (nSPS) is 23.5. The Labute approximate surface area is 250 Å². The lowest BCUT2D eigenvalue weighted by molar-refractivity contribution is -0.145. The molecular formula is C27H33N6O10P. The number of nitrogens with one attached hydrogen (secondary N) is 2. The number of fused-ring (bicyclic) bond motifs is 1. The summed E-state index contributed by atoms with van der Waals surface area (Å²) >= 11 is 0. The molecule has 1 aliphatic rings. The van der Waals surface area contributed by atoms with Crippen LogP contribution >= 0.6 is 7.75 Å². The lowest BCUT2D eigenvalue weighted by Gasteiger charge is -2.30. The van der Waals surface area contributed by atoms with Gasteiger partial charge in [-0.25, -0.2) is 9.36 Å². The third-order valence-electron chi connectivity index (χ3n) is 6.74. The number of azide groups is 1. The van der Waals surface area contributed by atoms with Crippen LogP contribution in [0.15, 0.2) is 69.4 Å². The molecule has 2 heterocycles. The molecule has 0 bridgehead atoms. The van der Waals surface area contributed by atoms with Crippen molar-refractivity contribution in [2.24, 2.45) is 11.0 Å². The summed E-state index contributed by atoms with van der Waals surface area (Å²) in [6.45, 7) is 4.37. The van der Waals surface area contributed by atoms with E-state index >= 15 is 0 Å². The third kappa shape index (κ3) is 7.20. The topological polar surface area (TPSA) is 227 Å². The molecule has 4 rings (SSSR count). The number of carbonyl (C=O) groups is 1. The van der Waals surface area contributed by atoms with Crippen molar-refractivity contribution in [3.63, 3.8) is 0 Å². The number of hydrogen-bond acceptors (Lipinski definition) is 11. The van der Waals surface area contributed by atoms with Gasteiger partial charge >= 0.3 is 19.4 Å². The molecule has 2 aromatic carbocycles. The molecular weight excluding hydrogens is 599 g/mol. The predicted octanol–water partition coefficient (Wildman–Crippen LogP) is 2.72. The van der Waals surface area contributed by atoms with Gasteiger partial charge in [0, 0.05) is 22.6 Å². The Kier molecular flexibility index (Phi) is 10.3. The smallest absolute Gasteiger partial charge is 0.459 e. The van der Waals surface area contributed by atoms with Crippen LogP contribution in [0.2, 0.25) is 0 Å². The first-order valence-electron chi connectivity index (χ1n) is 13.7. The molecule has 0 saturated carbocycles. The quantitative estimate of drug-likeness (QED) is 0.0704. The van der Waals surface area contributed by atoms with Crippen molar-refractivity contribution in [3.8, 4) is 5.75 Å². The van der Waals surface area contributed by atoms with Crippen molar-refractivity contribution in [3.05, 3.63) is 86.0 Å². The summed E-state index contributed by atoms with van der Waals surface area (Å²) in [7, 11) is -4.63. The Balaban J connectivity index is 1.72. The highest BCUT2D eigenvalue weighted by Crippen LogP contribution is 2.49. The van der Waals surface area contributed by atoms with Gasteiger partial charge in [0.15, 0.2) is 6.23 Å². The van der Waals surface area contributed by atoms with E-state index in [0.717, 1.165) is 22.2 Å². The Morgan fingerprint density at radius 1 is 1.23 bits per heavy atom. The van der Waals surface area contributed by atoms with Crippen molar-refractivity contribution in [1.82, 2.24) is 14.6 Å². The molecule has 0 aliphatic carbocycles. The summed E-state index contributed by atoms with van der Waals surface area (Å²) in [6.07, 6.45) is -4.34. The van der Waals surface area contributed by atoms with Crippen molar-refractivity contribution >= 4 is 24.5 Å². The molecule has 0 spiro atoms. The number of aromatic nitrogens is 2. The largest absolute Gasteiger partial charge is 0.465 e. The number of rotatable bonds is 13. The van der Waals surface area contributed by atoms with Crippen LogP contribution in [0.4, 0.5) is 0 Å². The van der Waals surface area contributed by atoms with E-state index in [1.807, 2.05) is 18.8 Å². The first-order valence-corrected chi connectivity index (χ1v) is 15.2. The summed E-state index contributed by atoms with van der Waals surface area (Å²) in [5.41, 5.74) is 5.20. The summed E-state index contributed by atoms with van der Waals surface area (Å²) < 4.78 is 37.8. The van der Waals surface area contributed by atoms with E-state index in [1.54, 1.807) is 43.3 Å². The molecule has 0 amide bonds. The van der Waals surface area contributed by atoms with Crippen LogP contribution in [0.3, 0.4) is 0 Å². The number of carbonyl (C=O) groups excluding carboxylic acids is 1. The molecule has 44 heavy (non-hydrogen) atoms. The molecule has 1 fully saturated rings. The highest BCUT2D eigenvalue weighted by molar-refractivity contribution is 7.52. The van der Waals surface area contributed by atoms with E-state index < -0.39 is 61.8 Å². The van der Waals surface area contributed by atoms with Gasteiger partial charge in [0.25, 0.3) is 5.56 Å². The summed E-state index contributed by atoms with van der Waals surface area (Å²) in [6, 6.07) is 11.9. The van der Waals surface area contributed by atoms with Crippen LogP contribution in [-0.4, -0.2) is 62.9 Å². The van der Waals surface area contributed by atoms with Gasteiger partial charge in [-0.15, -0.1) is 0 Å². The molecule has 1 aromatic heterocycles. The molecule has 0 radical (unpaired) electrons. The summed E-state index contributed by atoms with van der Waals surface area (Å²) in [4.78, 5) is 41.5. The van der Waals surface area contributed by atoms with Gasteiger partial charge in [0.2, 0.25) is 5.72 Å². The van der Waals surface area contributed by atoms with Crippen LogP contribution in [0.25, 0.3) is 21.2 Å². The number of benzene rings is 2. The highest BCUT2D eigenvalue weighted by Gasteiger charge is 2.56. The molecule has 4 N–H and O–H groups in total. The summed E-state index contributed by atoms with van der Waals surface area (Å²) in [5.74, 6) is -0.667. The number of H-pyrrole nitrogens is 1. The molecule has 3 aromatic rings. The van der Waals surface area contributed by atoms with Crippen LogP contribution in [0.5, 0.6) is 5.75 Å². The number of ether oxygens (including phenoxy) is 2. The minimum absolute atomic E-state index is 0.0495. The Bertz CT molecular complexity index is 1700. The average molecular weight is 633 g/mol. The number of nitrogens with zero attached hydrogens (tertiary/aromatic N) is 4. The maximum Gasteiger partial charge on any atom is 0.459 e. The molecule has 1 aliphatic heterocycles. The van der Waals surface area contributed by atoms with Gasteiger partial charge in [-0.2, -0.15) is 5.09 Å². The van der Waals surface area contributed by atoms with E-state index in [-0.39, 0.29) is 24.7 Å². The van der Waals surface area contributed by atoms with Crippen LogP contribution in [0, 0.1) is 5.92 Å². The van der Waals surface area contributed by atoms with Gasteiger partial charge in [0.05, 0.1) is 13.2 Å². The Hall–Kier alpha value is -4.01. The van der Waals surface area contributed by atoms with Crippen molar-refractivity contribution in [2.45, 2.75) is 57.4 Å². The fourth-order valence-electron chi connectivity index (χ4n) is 4.71. The first-order chi connectivity index (χ1) is 20.9. The lowest BCUT2D eigenvalue weighted by atomic mass is 10.1.